The second kappa shape index (κ2) is 5.96. The maximum absolute atomic E-state index is 6.01. The van der Waals surface area contributed by atoms with Gasteiger partial charge >= 0.3 is 0 Å². The Labute approximate surface area is 96.0 Å². The van der Waals surface area contributed by atoms with E-state index < -0.39 is 0 Å². The number of halogens is 2. The van der Waals surface area contributed by atoms with Crippen molar-refractivity contribution in [2.75, 3.05) is 19.6 Å². The molecule has 0 bridgehead atoms. The van der Waals surface area contributed by atoms with Crippen molar-refractivity contribution in [3.63, 3.8) is 0 Å². The Bertz CT molecular complexity index is 206. The second-order valence-electron chi connectivity index (χ2n) is 3.91. The van der Waals surface area contributed by atoms with Crippen LogP contribution in [0.5, 0.6) is 0 Å². The Morgan fingerprint density at radius 1 is 1.64 bits per heavy atom. The molecule has 1 heterocycles. The molecule has 82 valence electrons. The summed E-state index contributed by atoms with van der Waals surface area (Å²) in [4.78, 5) is 2.32. The minimum atomic E-state index is 0.356. The standard InChI is InChI=1S/C10H18Cl2N2/c1-2-8-6-14(4-3-10(8)13)7-9(12)5-11/h5,8,10H,2-4,6-7,13H2,1H3. The van der Waals surface area contributed by atoms with E-state index in [4.69, 9.17) is 28.9 Å². The third-order valence-corrected chi connectivity index (χ3v) is 3.50. The van der Waals surface area contributed by atoms with Gasteiger partial charge in [-0.05, 0) is 12.3 Å². The lowest BCUT2D eigenvalue weighted by Crippen LogP contribution is -2.47. The highest BCUT2D eigenvalue weighted by Gasteiger charge is 2.25. The van der Waals surface area contributed by atoms with Gasteiger partial charge in [0.05, 0.1) is 0 Å². The van der Waals surface area contributed by atoms with E-state index in [1.165, 1.54) is 5.54 Å². The molecule has 2 N–H and O–H groups in total. The van der Waals surface area contributed by atoms with Gasteiger partial charge in [-0.2, -0.15) is 0 Å². The zero-order valence-corrected chi connectivity index (χ0v) is 10.1. The predicted molar refractivity (Wildman–Crippen MR) is 62.6 cm³/mol. The highest BCUT2D eigenvalue weighted by molar-refractivity contribution is 6.36. The molecule has 2 unspecified atom stereocenters. The van der Waals surface area contributed by atoms with E-state index in [9.17, 15) is 0 Å². The van der Waals surface area contributed by atoms with E-state index in [0.717, 1.165) is 32.5 Å². The smallest absolute Gasteiger partial charge is 0.0434 e. The van der Waals surface area contributed by atoms with E-state index in [1.54, 1.807) is 0 Å². The fraction of sp³-hybridized carbons (Fsp3) is 0.800. The van der Waals surface area contributed by atoms with Crippen LogP contribution in [0, 0.1) is 5.92 Å². The summed E-state index contributed by atoms with van der Waals surface area (Å²) in [5.74, 6) is 0.601. The monoisotopic (exact) mass is 236 g/mol. The third-order valence-electron chi connectivity index (χ3n) is 2.89. The summed E-state index contributed by atoms with van der Waals surface area (Å²) in [6, 6.07) is 0.356. The van der Waals surface area contributed by atoms with E-state index in [2.05, 4.69) is 11.8 Å². The number of rotatable bonds is 3. The maximum atomic E-state index is 6.01. The first-order valence-electron chi connectivity index (χ1n) is 5.10. The molecule has 0 spiro atoms. The van der Waals surface area contributed by atoms with E-state index in [-0.39, 0.29) is 0 Å². The van der Waals surface area contributed by atoms with Crippen molar-refractivity contribution in [3.8, 4) is 0 Å². The van der Waals surface area contributed by atoms with E-state index in [1.807, 2.05) is 0 Å². The molecule has 0 aromatic carbocycles. The van der Waals surface area contributed by atoms with Gasteiger partial charge in [0.15, 0.2) is 0 Å². The predicted octanol–water partition coefficient (Wildman–Crippen LogP) is 2.36. The van der Waals surface area contributed by atoms with Crippen LogP contribution in [-0.4, -0.2) is 30.6 Å². The lowest BCUT2D eigenvalue weighted by atomic mass is 9.91. The van der Waals surface area contributed by atoms with Crippen LogP contribution in [0.25, 0.3) is 0 Å². The topological polar surface area (TPSA) is 29.3 Å². The number of piperidine rings is 1. The fourth-order valence-electron chi connectivity index (χ4n) is 1.95. The lowest BCUT2D eigenvalue weighted by Gasteiger charge is -2.36. The molecule has 0 radical (unpaired) electrons. The molecule has 1 rings (SSSR count). The first kappa shape index (κ1) is 12.3. The molecule has 1 aliphatic rings. The highest BCUT2D eigenvalue weighted by Crippen LogP contribution is 2.20. The van der Waals surface area contributed by atoms with Crippen LogP contribution in [0.4, 0.5) is 0 Å². The molecule has 0 amide bonds. The van der Waals surface area contributed by atoms with Crippen LogP contribution in [0.2, 0.25) is 0 Å². The van der Waals surface area contributed by atoms with Crippen LogP contribution >= 0.6 is 23.2 Å². The first-order valence-corrected chi connectivity index (χ1v) is 5.91. The first-order chi connectivity index (χ1) is 6.67. The summed E-state index contributed by atoms with van der Waals surface area (Å²) in [5, 5.41) is 0.706. The van der Waals surface area contributed by atoms with Gasteiger partial charge in [0.25, 0.3) is 0 Å². The van der Waals surface area contributed by atoms with Crippen LogP contribution in [-0.2, 0) is 0 Å². The third kappa shape index (κ3) is 3.43. The van der Waals surface area contributed by atoms with Crippen molar-refractivity contribution in [3.05, 3.63) is 10.6 Å². The second-order valence-corrected chi connectivity index (χ2v) is 4.62. The average molecular weight is 237 g/mol. The van der Waals surface area contributed by atoms with Crippen molar-refractivity contribution in [1.29, 1.82) is 0 Å². The van der Waals surface area contributed by atoms with Gasteiger partial charge in [0.1, 0.15) is 0 Å². The Morgan fingerprint density at radius 2 is 2.36 bits per heavy atom. The summed E-state index contributed by atoms with van der Waals surface area (Å²) in [6.45, 7) is 5.01. The number of hydrogen-bond donors (Lipinski definition) is 1. The van der Waals surface area contributed by atoms with Gasteiger partial charge in [-0.15, -0.1) is 0 Å². The molecule has 1 aliphatic heterocycles. The van der Waals surface area contributed by atoms with Gasteiger partial charge in [0, 0.05) is 36.2 Å². The van der Waals surface area contributed by atoms with Gasteiger partial charge < -0.3 is 5.73 Å². The highest BCUT2D eigenvalue weighted by atomic mass is 35.5. The minimum Gasteiger partial charge on any atom is -0.327 e. The van der Waals surface area contributed by atoms with Crippen molar-refractivity contribution >= 4 is 23.2 Å². The normalized spacial score (nSPS) is 30.7. The quantitative estimate of drug-likeness (QED) is 0.816. The Kier molecular flexibility index (Phi) is 5.24. The van der Waals surface area contributed by atoms with Gasteiger partial charge in [-0.3, -0.25) is 4.90 Å². The number of nitrogens with two attached hydrogens (primary N) is 1. The molecular weight excluding hydrogens is 219 g/mol. The molecule has 14 heavy (non-hydrogen) atoms. The zero-order chi connectivity index (χ0) is 10.6. The fourth-order valence-corrected chi connectivity index (χ4v) is 2.19. The Balaban J connectivity index is 2.42. The molecule has 4 heteroatoms. The van der Waals surface area contributed by atoms with Gasteiger partial charge in [0.2, 0.25) is 0 Å². The van der Waals surface area contributed by atoms with Crippen LogP contribution in [0.15, 0.2) is 10.6 Å². The summed E-state index contributed by atoms with van der Waals surface area (Å²) in [5.41, 5.74) is 7.46. The van der Waals surface area contributed by atoms with Crippen molar-refractivity contribution in [2.24, 2.45) is 11.7 Å². The Hall–Kier alpha value is 0.240. The molecule has 0 aromatic rings. The van der Waals surface area contributed by atoms with Crippen LogP contribution in [0.3, 0.4) is 0 Å². The minimum absolute atomic E-state index is 0.356. The molecule has 1 saturated heterocycles. The SMILES string of the molecule is CCC1CN(CC(Cl)=CCl)CCC1N. The van der Waals surface area contributed by atoms with E-state index in [0.29, 0.717) is 17.0 Å². The van der Waals surface area contributed by atoms with Crippen molar-refractivity contribution < 1.29 is 0 Å². The van der Waals surface area contributed by atoms with Crippen LogP contribution < -0.4 is 5.73 Å². The van der Waals surface area contributed by atoms with Crippen molar-refractivity contribution in [2.45, 2.75) is 25.8 Å². The molecule has 0 aromatic heterocycles. The van der Waals surface area contributed by atoms with Crippen molar-refractivity contribution in [1.82, 2.24) is 4.90 Å². The van der Waals surface area contributed by atoms with E-state index >= 15 is 0 Å². The summed E-state index contributed by atoms with van der Waals surface area (Å²) in [6.07, 6.45) is 2.20. The molecule has 2 nitrogen and oxygen atoms in total. The maximum Gasteiger partial charge on any atom is 0.0434 e. The Morgan fingerprint density at radius 3 is 2.93 bits per heavy atom. The summed E-state index contributed by atoms with van der Waals surface area (Å²) in [7, 11) is 0. The molecular formula is C10H18Cl2N2. The molecule has 0 saturated carbocycles. The zero-order valence-electron chi connectivity index (χ0n) is 8.55. The lowest BCUT2D eigenvalue weighted by molar-refractivity contribution is 0.165. The molecule has 2 atom stereocenters. The number of hydrogen-bond acceptors (Lipinski definition) is 2. The number of nitrogens with zero attached hydrogens (tertiary/aromatic N) is 1. The van der Waals surface area contributed by atoms with Gasteiger partial charge in [-0.1, -0.05) is 36.5 Å². The molecule has 1 fully saturated rings. The largest absolute Gasteiger partial charge is 0.327 e. The average Bonchev–Trinajstić information content (AvgIpc) is 2.20. The summed E-state index contributed by atoms with van der Waals surface area (Å²) < 4.78 is 0. The number of likely N-dealkylation sites (tertiary alicyclic amines) is 1. The summed E-state index contributed by atoms with van der Waals surface area (Å²) >= 11 is 11.4. The molecule has 0 aliphatic carbocycles. The van der Waals surface area contributed by atoms with Crippen LogP contribution in [0.1, 0.15) is 19.8 Å². The van der Waals surface area contributed by atoms with Gasteiger partial charge in [-0.25, -0.2) is 0 Å².